The summed E-state index contributed by atoms with van der Waals surface area (Å²) in [6, 6.07) is 24.1. The molecule has 32 heavy (non-hydrogen) atoms. The quantitative estimate of drug-likeness (QED) is 0.315. The molecule has 164 valence electrons. The van der Waals surface area contributed by atoms with Crippen molar-refractivity contribution in [1.29, 1.82) is 0 Å². The van der Waals surface area contributed by atoms with Gasteiger partial charge in [0.15, 0.2) is 0 Å². The van der Waals surface area contributed by atoms with E-state index in [2.05, 4.69) is 5.32 Å². The van der Waals surface area contributed by atoms with Crippen LogP contribution < -0.4 is 14.8 Å². The summed E-state index contributed by atoms with van der Waals surface area (Å²) in [5.74, 6) is 0.825. The van der Waals surface area contributed by atoms with Crippen molar-refractivity contribution in [3.05, 3.63) is 90.5 Å². The van der Waals surface area contributed by atoms with Crippen LogP contribution in [0.3, 0.4) is 0 Å². The average molecular weight is 431 g/mol. The summed E-state index contributed by atoms with van der Waals surface area (Å²) in [6.45, 7) is 2.12. The van der Waals surface area contributed by atoms with E-state index in [0.717, 1.165) is 16.9 Å². The number of aliphatic carboxylic acids is 1. The van der Waals surface area contributed by atoms with Crippen LogP contribution in [0.2, 0.25) is 0 Å². The van der Waals surface area contributed by atoms with Gasteiger partial charge in [0, 0.05) is 12.5 Å². The van der Waals surface area contributed by atoms with Crippen LogP contribution in [0.4, 0.5) is 5.69 Å². The Morgan fingerprint density at radius 2 is 1.56 bits per heavy atom. The second-order valence-electron chi connectivity index (χ2n) is 7.10. The number of nitrogens with one attached hydrogen (secondary N) is 1. The summed E-state index contributed by atoms with van der Waals surface area (Å²) in [5.41, 5.74) is 2.23. The van der Waals surface area contributed by atoms with Crippen molar-refractivity contribution < 1.29 is 24.2 Å². The van der Waals surface area contributed by atoms with E-state index in [4.69, 9.17) is 14.6 Å². The molecular weight excluding hydrogens is 406 g/mol. The molecule has 3 aromatic carbocycles. The molecule has 0 unspecified atom stereocenters. The third-order valence-electron chi connectivity index (χ3n) is 4.57. The van der Waals surface area contributed by atoms with Gasteiger partial charge < -0.3 is 19.9 Å². The lowest BCUT2D eigenvalue weighted by atomic mass is 10.1. The van der Waals surface area contributed by atoms with Crippen molar-refractivity contribution in [3.63, 3.8) is 0 Å². The Morgan fingerprint density at radius 1 is 0.906 bits per heavy atom. The van der Waals surface area contributed by atoms with Crippen LogP contribution in [0.1, 0.15) is 25.3 Å². The highest BCUT2D eigenvalue weighted by Gasteiger charge is 2.08. The molecule has 0 bridgehead atoms. The van der Waals surface area contributed by atoms with Crippen molar-refractivity contribution >= 4 is 23.1 Å². The van der Waals surface area contributed by atoms with E-state index in [0.29, 0.717) is 23.6 Å². The number of anilines is 1. The van der Waals surface area contributed by atoms with Crippen LogP contribution in [0, 0.1) is 0 Å². The van der Waals surface area contributed by atoms with E-state index >= 15 is 0 Å². The number of carbonyl (C=O) groups is 2. The van der Waals surface area contributed by atoms with Crippen LogP contribution in [-0.2, 0) is 9.59 Å². The van der Waals surface area contributed by atoms with Gasteiger partial charge in [-0.25, -0.2) is 0 Å². The number of amides is 1. The smallest absolute Gasteiger partial charge is 0.303 e. The molecule has 0 spiro atoms. The van der Waals surface area contributed by atoms with Gasteiger partial charge in [0.25, 0.3) is 0 Å². The predicted molar refractivity (Wildman–Crippen MR) is 124 cm³/mol. The van der Waals surface area contributed by atoms with Gasteiger partial charge in [-0.05, 0) is 60.9 Å². The molecule has 0 saturated carbocycles. The summed E-state index contributed by atoms with van der Waals surface area (Å²) >= 11 is 0. The van der Waals surface area contributed by atoms with Gasteiger partial charge >= 0.3 is 5.97 Å². The SMILES string of the molecule is C/C(=C\C(=O)Nc1ccccc1OCCCC(=O)O)c1ccc(Oc2ccccc2)cc1. The van der Waals surface area contributed by atoms with Crippen molar-refractivity contribution in [1.82, 2.24) is 0 Å². The normalized spacial score (nSPS) is 11.0. The average Bonchev–Trinajstić information content (AvgIpc) is 2.78. The number of benzene rings is 3. The number of ether oxygens (including phenoxy) is 2. The lowest BCUT2D eigenvalue weighted by Gasteiger charge is -2.11. The zero-order valence-corrected chi connectivity index (χ0v) is 17.8. The van der Waals surface area contributed by atoms with Gasteiger partial charge in [-0.2, -0.15) is 0 Å². The molecule has 0 saturated heterocycles. The molecule has 0 aromatic heterocycles. The standard InChI is InChI=1S/C26H25NO5/c1-19(20-13-15-22(16-14-20)32-21-8-3-2-4-9-21)18-25(28)27-23-10-5-6-11-24(23)31-17-7-12-26(29)30/h2-6,8-11,13-16,18H,7,12,17H2,1H3,(H,27,28)(H,29,30)/b19-18+. The first-order valence-corrected chi connectivity index (χ1v) is 10.3. The third kappa shape index (κ3) is 7.02. The van der Waals surface area contributed by atoms with Crippen LogP contribution >= 0.6 is 0 Å². The molecule has 2 N–H and O–H groups in total. The molecule has 6 heteroatoms. The second-order valence-corrected chi connectivity index (χ2v) is 7.10. The van der Waals surface area contributed by atoms with Gasteiger partial charge in [0.2, 0.25) is 5.91 Å². The fraction of sp³-hybridized carbons (Fsp3) is 0.154. The number of allylic oxidation sites excluding steroid dienone is 1. The maximum Gasteiger partial charge on any atom is 0.303 e. The number of rotatable bonds is 10. The second kappa shape index (κ2) is 11.4. The lowest BCUT2D eigenvalue weighted by molar-refractivity contribution is -0.137. The molecule has 0 aliphatic heterocycles. The molecule has 3 aromatic rings. The maximum atomic E-state index is 12.5. The van der Waals surface area contributed by atoms with E-state index in [1.165, 1.54) is 6.08 Å². The molecule has 0 atom stereocenters. The Bertz CT molecular complexity index is 1070. The molecule has 0 aliphatic rings. The monoisotopic (exact) mass is 431 g/mol. The van der Waals surface area contributed by atoms with Crippen LogP contribution in [-0.4, -0.2) is 23.6 Å². The summed E-state index contributed by atoms with van der Waals surface area (Å²) in [6.07, 6.45) is 1.94. The highest BCUT2D eigenvalue weighted by molar-refractivity contribution is 6.04. The number of hydrogen-bond donors (Lipinski definition) is 2. The first-order valence-electron chi connectivity index (χ1n) is 10.3. The summed E-state index contributed by atoms with van der Waals surface area (Å²) in [4.78, 5) is 23.1. The topological polar surface area (TPSA) is 84.9 Å². The largest absolute Gasteiger partial charge is 0.491 e. The third-order valence-corrected chi connectivity index (χ3v) is 4.57. The minimum absolute atomic E-state index is 0.0334. The first kappa shape index (κ1) is 22.6. The molecule has 3 rings (SSSR count). The van der Waals surface area contributed by atoms with Gasteiger partial charge in [-0.1, -0.05) is 42.5 Å². The highest BCUT2D eigenvalue weighted by Crippen LogP contribution is 2.26. The van der Waals surface area contributed by atoms with Crippen LogP contribution in [0.15, 0.2) is 84.9 Å². The van der Waals surface area contributed by atoms with Gasteiger partial charge in [-0.3, -0.25) is 9.59 Å². The molecular formula is C26H25NO5. The minimum atomic E-state index is -0.865. The van der Waals surface area contributed by atoms with E-state index in [9.17, 15) is 9.59 Å². The molecule has 0 radical (unpaired) electrons. The maximum absolute atomic E-state index is 12.5. The number of hydrogen-bond acceptors (Lipinski definition) is 4. The first-order chi connectivity index (χ1) is 15.5. The Hall–Kier alpha value is -4.06. The Kier molecular flexibility index (Phi) is 8.03. The van der Waals surface area contributed by atoms with E-state index in [1.807, 2.05) is 61.5 Å². The summed E-state index contributed by atoms with van der Waals surface area (Å²) < 4.78 is 11.4. The van der Waals surface area contributed by atoms with Gasteiger partial charge in [-0.15, -0.1) is 0 Å². The van der Waals surface area contributed by atoms with Crippen LogP contribution in [0.5, 0.6) is 17.2 Å². The summed E-state index contributed by atoms with van der Waals surface area (Å²) in [5, 5.41) is 11.5. The van der Waals surface area contributed by atoms with Crippen molar-refractivity contribution in [3.8, 4) is 17.2 Å². The predicted octanol–water partition coefficient (Wildman–Crippen LogP) is 5.76. The van der Waals surface area contributed by atoms with Gasteiger partial charge in [0.05, 0.1) is 12.3 Å². The number of para-hydroxylation sites is 3. The Labute approximate surface area is 187 Å². The molecule has 6 nitrogen and oxygen atoms in total. The fourth-order valence-corrected chi connectivity index (χ4v) is 2.96. The van der Waals surface area contributed by atoms with Crippen molar-refractivity contribution in [2.24, 2.45) is 0 Å². The molecule has 1 amide bonds. The van der Waals surface area contributed by atoms with E-state index in [-0.39, 0.29) is 18.9 Å². The Morgan fingerprint density at radius 3 is 2.28 bits per heavy atom. The lowest BCUT2D eigenvalue weighted by Crippen LogP contribution is -2.10. The zero-order chi connectivity index (χ0) is 22.8. The molecule has 0 aliphatic carbocycles. The Balaban J connectivity index is 1.60. The van der Waals surface area contributed by atoms with E-state index in [1.54, 1.807) is 24.3 Å². The molecule has 0 heterocycles. The minimum Gasteiger partial charge on any atom is -0.491 e. The van der Waals surface area contributed by atoms with Crippen molar-refractivity contribution in [2.45, 2.75) is 19.8 Å². The zero-order valence-electron chi connectivity index (χ0n) is 17.8. The highest BCUT2D eigenvalue weighted by atomic mass is 16.5. The number of carboxylic acids is 1. The van der Waals surface area contributed by atoms with Crippen molar-refractivity contribution in [2.75, 3.05) is 11.9 Å². The van der Waals surface area contributed by atoms with Crippen LogP contribution in [0.25, 0.3) is 5.57 Å². The van der Waals surface area contributed by atoms with E-state index < -0.39 is 5.97 Å². The summed E-state index contributed by atoms with van der Waals surface area (Å²) in [7, 11) is 0. The number of carboxylic acid groups (broad SMARTS) is 1. The van der Waals surface area contributed by atoms with Gasteiger partial charge in [0.1, 0.15) is 17.2 Å². The molecule has 0 fully saturated rings. The number of carbonyl (C=O) groups excluding carboxylic acids is 1. The fourth-order valence-electron chi connectivity index (χ4n) is 2.96.